The number of allylic oxidation sites excluding steroid dienone is 4. The topological polar surface area (TPSA) is 0 Å². The lowest BCUT2D eigenvalue weighted by molar-refractivity contribution is 0.299. The second-order valence-corrected chi connectivity index (χ2v) is 7.73. The van der Waals surface area contributed by atoms with Gasteiger partial charge in [0.25, 0.3) is 0 Å². The van der Waals surface area contributed by atoms with E-state index in [4.69, 9.17) is 6.42 Å². The highest BCUT2D eigenvalue weighted by molar-refractivity contribution is 5.89. The van der Waals surface area contributed by atoms with Crippen molar-refractivity contribution in [1.29, 1.82) is 0 Å². The van der Waals surface area contributed by atoms with Crippen LogP contribution >= 0.6 is 0 Å². The van der Waals surface area contributed by atoms with Gasteiger partial charge in [0.2, 0.25) is 0 Å². The zero-order valence-corrected chi connectivity index (χ0v) is 14.9. The van der Waals surface area contributed by atoms with E-state index in [9.17, 15) is 0 Å². The summed E-state index contributed by atoms with van der Waals surface area (Å²) in [6, 6.07) is 8.46. The van der Waals surface area contributed by atoms with E-state index in [1.807, 2.05) is 12.2 Å². The second kappa shape index (κ2) is 6.25. The lowest BCUT2D eigenvalue weighted by atomic mass is 9.66. The van der Waals surface area contributed by atoms with Crippen LogP contribution in [0.2, 0.25) is 0 Å². The quantitative estimate of drug-likeness (QED) is 0.571. The molecule has 0 fully saturated rings. The summed E-state index contributed by atoms with van der Waals surface area (Å²) >= 11 is 0. The SMILES string of the molecule is C#CC1(C(C)CCC(C)(C)C)C(C=C)=C(C=C)c2ccccc21. The van der Waals surface area contributed by atoms with E-state index in [-0.39, 0.29) is 0 Å². The predicted octanol–water partition coefficient (Wildman–Crippen LogP) is 6.16. The summed E-state index contributed by atoms with van der Waals surface area (Å²) in [5.41, 5.74) is 4.62. The summed E-state index contributed by atoms with van der Waals surface area (Å²) in [6.45, 7) is 17.2. The number of terminal acetylenes is 1. The monoisotopic (exact) mass is 304 g/mol. The predicted molar refractivity (Wildman–Crippen MR) is 102 cm³/mol. The fourth-order valence-electron chi connectivity index (χ4n) is 3.75. The van der Waals surface area contributed by atoms with Gasteiger partial charge in [-0.2, -0.15) is 0 Å². The van der Waals surface area contributed by atoms with E-state index < -0.39 is 5.41 Å². The summed E-state index contributed by atoms with van der Waals surface area (Å²) in [4.78, 5) is 0. The molecule has 120 valence electrons. The second-order valence-electron chi connectivity index (χ2n) is 7.73. The average Bonchev–Trinajstić information content (AvgIpc) is 2.81. The largest absolute Gasteiger partial charge is 0.119 e. The summed E-state index contributed by atoms with van der Waals surface area (Å²) in [5, 5.41) is 0. The molecule has 1 aromatic carbocycles. The molecule has 0 aromatic heterocycles. The van der Waals surface area contributed by atoms with E-state index in [0.29, 0.717) is 11.3 Å². The molecule has 2 atom stereocenters. The summed E-state index contributed by atoms with van der Waals surface area (Å²) in [7, 11) is 0. The molecule has 23 heavy (non-hydrogen) atoms. The molecule has 0 aliphatic heterocycles. The molecule has 0 heterocycles. The average molecular weight is 304 g/mol. The minimum atomic E-state index is -0.396. The summed E-state index contributed by atoms with van der Waals surface area (Å²) < 4.78 is 0. The Morgan fingerprint density at radius 3 is 2.39 bits per heavy atom. The van der Waals surface area contributed by atoms with Crippen LogP contribution in [0, 0.1) is 23.7 Å². The van der Waals surface area contributed by atoms with Gasteiger partial charge in [0.1, 0.15) is 0 Å². The Bertz CT molecular complexity index is 687. The molecule has 2 unspecified atom stereocenters. The van der Waals surface area contributed by atoms with Gasteiger partial charge in [-0.25, -0.2) is 0 Å². The molecule has 0 saturated heterocycles. The van der Waals surface area contributed by atoms with Gasteiger partial charge in [-0.05, 0) is 46.4 Å². The molecule has 0 N–H and O–H groups in total. The van der Waals surface area contributed by atoms with Gasteiger partial charge < -0.3 is 0 Å². The third kappa shape index (κ3) is 2.81. The van der Waals surface area contributed by atoms with Gasteiger partial charge in [0, 0.05) is 0 Å². The van der Waals surface area contributed by atoms with Gasteiger partial charge in [0.05, 0.1) is 5.41 Å². The molecule has 0 amide bonds. The Labute approximate surface area is 142 Å². The van der Waals surface area contributed by atoms with Crippen molar-refractivity contribution in [1.82, 2.24) is 0 Å². The number of hydrogen-bond acceptors (Lipinski definition) is 0. The van der Waals surface area contributed by atoms with Crippen molar-refractivity contribution in [3.05, 3.63) is 66.3 Å². The highest BCUT2D eigenvalue weighted by atomic mass is 14.5. The molecule has 1 aromatic rings. The lowest BCUT2D eigenvalue weighted by Crippen LogP contribution is -2.33. The maximum absolute atomic E-state index is 6.14. The first-order valence-corrected chi connectivity index (χ1v) is 8.39. The highest BCUT2D eigenvalue weighted by Gasteiger charge is 2.45. The Hall–Kier alpha value is -2.00. The maximum atomic E-state index is 6.14. The minimum Gasteiger partial charge on any atom is -0.119 e. The Kier molecular flexibility index (Phi) is 4.71. The van der Waals surface area contributed by atoms with Crippen LogP contribution in [0.25, 0.3) is 5.57 Å². The summed E-state index contributed by atoms with van der Waals surface area (Å²) in [5.74, 6) is 3.50. The van der Waals surface area contributed by atoms with E-state index >= 15 is 0 Å². The number of benzene rings is 1. The van der Waals surface area contributed by atoms with Crippen LogP contribution in [0.1, 0.15) is 51.7 Å². The molecule has 1 aliphatic rings. The van der Waals surface area contributed by atoms with Gasteiger partial charge in [0.15, 0.2) is 0 Å². The molecular weight excluding hydrogens is 276 g/mol. The van der Waals surface area contributed by atoms with Crippen LogP contribution in [-0.4, -0.2) is 0 Å². The zero-order valence-electron chi connectivity index (χ0n) is 14.9. The number of rotatable bonds is 5. The summed E-state index contributed by atoms with van der Waals surface area (Å²) in [6.07, 6.45) is 12.2. The van der Waals surface area contributed by atoms with Crippen LogP contribution in [-0.2, 0) is 5.41 Å². The number of hydrogen-bond donors (Lipinski definition) is 0. The first-order chi connectivity index (χ1) is 10.8. The van der Waals surface area contributed by atoms with Crippen molar-refractivity contribution >= 4 is 5.57 Å². The van der Waals surface area contributed by atoms with Gasteiger partial charge in [-0.15, -0.1) is 6.42 Å². The fraction of sp³-hybridized carbons (Fsp3) is 0.391. The van der Waals surface area contributed by atoms with E-state index in [1.54, 1.807) is 0 Å². The molecule has 1 aliphatic carbocycles. The van der Waals surface area contributed by atoms with Crippen LogP contribution in [0.4, 0.5) is 0 Å². The van der Waals surface area contributed by atoms with E-state index in [0.717, 1.165) is 24.0 Å². The molecule has 0 heteroatoms. The Balaban J connectivity index is 2.59. The van der Waals surface area contributed by atoms with Crippen LogP contribution in [0.5, 0.6) is 0 Å². The third-order valence-corrected chi connectivity index (χ3v) is 5.06. The normalized spacial score (nSPS) is 21.5. The van der Waals surface area contributed by atoms with Crippen molar-refractivity contribution < 1.29 is 0 Å². The molecule has 0 nitrogen and oxygen atoms in total. The Morgan fingerprint density at radius 1 is 1.22 bits per heavy atom. The van der Waals surface area contributed by atoms with Crippen LogP contribution in [0.3, 0.4) is 0 Å². The van der Waals surface area contributed by atoms with E-state index in [2.05, 4.69) is 71.0 Å². The van der Waals surface area contributed by atoms with Crippen molar-refractivity contribution in [3.63, 3.8) is 0 Å². The van der Waals surface area contributed by atoms with Crippen molar-refractivity contribution in [2.45, 2.75) is 46.0 Å². The standard InChI is InChI=1S/C23H28/c1-8-18-19-13-11-12-14-21(19)23(10-3,20(18)9-2)17(4)15-16-22(5,6)7/h3,8-9,11-14,17H,1-2,15-16H2,4-7H3. The minimum absolute atomic E-state index is 0.307. The van der Waals surface area contributed by atoms with Gasteiger partial charge in [-0.1, -0.05) is 83.2 Å². The van der Waals surface area contributed by atoms with Crippen molar-refractivity contribution in [2.75, 3.05) is 0 Å². The molecule has 0 radical (unpaired) electrons. The first kappa shape index (κ1) is 17.4. The molecular formula is C23H28. The van der Waals surface area contributed by atoms with Crippen molar-refractivity contribution in [3.8, 4) is 12.3 Å². The lowest BCUT2D eigenvalue weighted by Gasteiger charge is -2.35. The van der Waals surface area contributed by atoms with Crippen LogP contribution < -0.4 is 0 Å². The van der Waals surface area contributed by atoms with Gasteiger partial charge >= 0.3 is 0 Å². The first-order valence-electron chi connectivity index (χ1n) is 8.39. The molecule has 0 bridgehead atoms. The molecule has 0 spiro atoms. The molecule has 2 rings (SSSR count). The smallest absolute Gasteiger partial charge is 0.0846 e. The maximum Gasteiger partial charge on any atom is 0.0846 e. The van der Waals surface area contributed by atoms with Crippen molar-refractivity contribution in [2.24, 2.45) is 11.3 Å². The Morgan fingerprint density at radius 2 is 1.87 bits per heavy atom. The molecule has 0 saturated carbocycles. The zero-order chi connectivity index (χ0) is 17.3. The van der Waals surface area contributed by atoms with Gasteiger partial charge in [-0.3, -0.25) is 0 Å². The number of fused-ring (bicyclic) bond motifs is 1. The highest BCUT2D eigenvalue weighted by Crippen LogP contribution is 2.52. The third-order valence-electron chi connectivity index (χ3n) is 5.06. The fourth-order valence-corrected chi connectivity index (χ4v) is 3.75. The van der Waals surface area contributed by atoms with Crippen LogP contribution in [0.15, 0.2) is 55.1 Å². The van der Waals surface area contributed by atoms with E-state index in [1.165, 1.54) is 11.1 Å².